The van der Waals surface area contributed by atoms with Crippen LogP contribution < -0.4 is 9.80 Å². The summed E-state index contributed by atoms with van der Waals surface area (Å²) < 4.78 is 28.0. The fraction of sp³-hybridized carbons (Fsp3) is 0.379. The minimum Gasteiger partial charge on any atom is -0.378 e. The summed E-state index contributed by atoms with van der Waals surface area (Å²) in [5.41, 5.74) is 3.52. The van der Waals surface area contributed by atoms with Crippen LogP contribution >= 0.6 is 11.3 Å². The van der Waals surface area contributed by atoms with Gasteiger partial charge in [0.15, 0.2) is 5.82 Å². The first-order chi connectivity index (χ1) is 18.3. The Kier molecular flexibility index (Phi) is 6.62. The smallest absolute Gasteiger partial charge is 0.243 e. The minimum absolute atomic E-state index is 0.349. The molecule has 1 aliphatic heterocycles. The van der Waals surface area contributed by atoms with E-state index in [0.717, 1.165) is 40.6 Å². The topological polar surface area (TPSA) is 69.6 Å². The molecule has 0 bridgehead atoms. The molecule has 0 spiro atoms. The van der Waals surface area contributed by atoms with E-state index >= 15 is 0 Å². The first-order valence-corrected chi connectivity index (χ1v) is 15.5. The Morgan fingerprint density at radius 2 is 1.66 bits per heavy atom. The van der Waals surface area contributed by atoms with Gasteiger partial charge in [0.2, 0.25) is 10.0 Å². The molecule has 6 rings (SSSR count). The largest absolute Gasteiger partial charge is 0.378 e. The highest BCUT2D eigenvalue weighted by atomic mass is 32.2. The van der Waals surface area contributed by atoms with E-state index in [4.69, 9.17) is 9.97 Å². The van der Waals surface area contributed by atoms with Crippen molar-refractivity contribution in [1.29, 1.82) is 0 Å². The summed E-state index contributed by atoms with van der Waals surface area (Å²) in [7, 11) is 0.554. The Labute approximate surface area is 228 Å². The molecule has 1 atom stereocenters. The average molecular weight is 548 g/mol. The molecule has 4 aromatic rings. The van der Waals surface area contributed by atoms with Crippen molar-refractivity contribution in [1.82, 2.24) is 14.3 Å². The van der Waals surface area contributed by atoms with Gasteiger partial charge in [0.25, 0.3) is 0 Å². The number of aromatic nitrogens is 2. The van der Waals surface area contributed by atoms with Gasteiger partial charge in [-0.1, -0.05) is 25.1 Å². The van der Waals surface area contributed by atoms with Crippen molar-refractivity contribution in [3.63, 3.8) is 0 Å². The standard InChI is InChI=1S/C29H33N5O2S2/c1-20-9-14-24-25(19-20)37-29-26(24)28(30-27(31-29)21-10-12-22(13-11-21)32(2)3)33-15-17-34(18-16-33)38(35,36)23-7-5-4-6-8-23/h4-8,10-13,20H,9,14-19H2,1-3H3. The van der Waals surface area contributed by atoms with Crippen molar-refractivity contribution >= 4 is 43.1 Å². The summed E-state index contributed by atoms with van der Waals surface area (Å²) in [4.78, 5) is 17.4. The monoisotopic (exact) mass is 547 g/mol. The molecule has 0 radical (unpaired) electrons. The van der Waals surface area contributed by atoms with Gasteiger partial charge in [0, 0.05) is 56.4 Å². The summed E-state index contributed by atoms with van der Waals surface area (Å²) in [6.45, 7) is 4.37. The highest BCUT2D eigenvalue weighted by Gasteiger charge is 2.31. The maximum Gasteiger partial charge on any atom is 0.243 e. The van der Waals surface area contributed by atoms with E-state index in [0.29, 0.717) is 37.0 Å². The van der Waals surface area contributed by atoms with Crippen molar-refractivity contribution < 1.29 is 8.42 Å². The Balaban J connectivity index is 1.37. The average Bonchev–Trinajstić information content (AvgIpc) is 3.30. The van der Waals surface area contributed by atoms with E-state index < -0.39 is 10.0 Å². The van der Waals surface area contributed by atoms with Gasteiger partial charge < -0.3 is 9.80 Å². The van der Waals surface area contributed by atoms with Crippen molar-refractivity contribution in [2.75, 3.05) is 50.1 Å². The predicted octanol–water partition coefficient (Wildman–Crippen LogP) is 5.06. The zero-order valence-electron chi connectivity index (χ0n) is 22.1. The third kappa shape index (κ3) is 4.57. The number of piperazine rings is 1. The van der Waals surface area contributed by atoms with Gasteiger partial charge in [-0.2, -0.15) is 4.31 Å². The molecule has 0 amide bonds. The van der Waals surface area contributed by atoms with Crippen LogP contribution in [0.25, 0.3) is 21.6 Å². The van der Waals surface area contributed by atoms with Crippen LogP contribution in [0, 0.1) is 5.92 Å². The van der Waals surface area contributed by atoms with E-state index in [-0.39, 0.29) is 0 Å². The van der Waals surface area contributed by atoms with Gasteiger partial charge in [-0.05, 0) is 67.1 Å². The van der Waals surface area contributed by atoms with Crippen LogP contribution in [-0.4, -0.2) is 63.0 Å². The molecule has 2 aliphatic rings. The number of anilines is 2. The summed E-state index contributed by atoms with van der Waals surface area (Å²) in [5, 5.41) is 1.17. The molecule has 9 heteroatoms. The van der Waals surface area contributed by atoms with Gasteiger partial charge in [0.1, 0.15) is 10.6 Å². The predicted molar refractivity (Wildman–Crippen MR) is 156 cm³/mol. The molecule has 0 saturated carbocycles. The number of benzene rings is 2. The number of aryl methyl sites for hydroxylation is 1. The third-order valence-corrected chi connectivity index (χ3v) is 10.8. The highest BCUT2D eigenvalue weighted by Crippen LogP contribution is 2.42. The molecule has 1 saturated heterocycles. The Bertz CT molecular complexity index is 1560. The molecule has 1 aliphatic carbocycles. The van der Waals surface area contributed by atoms with Gasteiger partial charge in [0.05, 0.1) is 10.3 Å². The number of sulfonamides is 1. The Morgan fingerprint density at radius 1 is 0.947 bits per heavy atom. The van der Waals surface area contributed by atoms with Gasteiger partial charge in [-0.3, -0.25) is 0 Å². The molecule has 3 heterocycles. The van der Waals surface area contributed by atoms with E-state index in [9.17, 15) is 8.42 Å². The lowest BCUT2D eigenvalue weighted by Gasteiger charge is -2.35. The summed E-state index contributed by atoms with van der Waals surface area (Å²) in [6.07, 6.45) is 3.31. The number of nitrogens with zero attached hydrogens (tertiary/aromatic N) is 5. The molecule has 0 N–H and O–H groups in total. The second-order valence-electron chi connectivity index (χ2n) is 10.5. The van der Waals surface area contributed by atoms with E-state index in [1.54, 1.807) is 28.6 Å². The Hall–Kier alpha value is -3.01. The lowest BCUT2D eigenvalue weighted by atomic mass is 9.89. The molecule has 1 unspecified atom stereocenters. The fourth-order valence-corrected chi connectivity index (χ4v) is 8.29. The van der Waals surface area contributed by atoms with Crippen LogP contribution in [0.5, 0.6) is 0 Å². The number of hydrogen-bond donors (Lipinski definition) is 0. The number of thiophene rings is 1. The van der Waals surface area contributed by atoms with Crippen LogP contribution in [-0.2, 0) is 22.9 Å². The lowest BCUT2D eigenvalue weighted by Crippen LogP contribution is -2.49. The van der Waals surface area contributed by atoms with Gasteiger partial charge in [-0.25, -0.2) is 18.4 Å². The first kappa shape index (κ1) is 25.3. The minimum atomic E-state index is -3.51. The lowest BCUT2D eigenvalue weighted by molar-refractivity contribution is 0.384. The van der Waals surface area contributed by atoms with Crippen molar-refractivity contribution in [3.05, 3.63) is 65.0 Å². The Morgan fingerprint density at radius 3 is 2.34 bits per heavy atom. The molecule has 2 aromatic heterocycles. The molecular weight excluding hydrogens is 514 g/mol. The van der Waals surface area contributed by atoms with Gasteiger partial charge >= 0.3 is 0 Å². The number of rotatable bonds is 5. The summed E-state index contributed by atoms with van der Waals surface area (Å²) >= 11 is 1.81. The molecular formula is C29H33N5O2S2. The quantitative estimate of drug-likeness (QED) is 0.348. The zero-order valence-corrected chi connectivity index (χ0v) is 23.7. The summed E-state index contributed by atoms with van der Waals surface area (Å²) in [5.74, 6) is 2.35. The van der Waals surface area contributed by atoms with Crippen molar-refractivity contribution in [2.24, 2.45) is 5.92 Å². The zero-order chi connectivity index (χ0) is 26.4. The maximum absolute atomic E-state index is 13.2. The molecule has 7 nitrogen and oxygen atoms in total. The number of hydrogen-bond acceptors (Lipinski definition) is 7. The summed E-state index contributed by atoms with van der Waals surface area (Å²) in [6, 6.07) is 17.1. The second-order valence-corrected chi connectivity index (χ2v) is 13.6. The van der Waals surface area contributed by atoms with E-state index in [1.807, 2.05) is 31.5 Å². The third-order valence-electron chi connectivity index (χ3n) is 7.70. The maximum atomic E-state index is 13.2. The number of fused-ring (bicyclic) bond motifs is 3. The van der Waals surface area contributed by atoms with Crippen LogP contribution in [0.4, 0.5) is 11.5 Å². The molecule has 2 aromatic carbocycles. The SMILES string of the molecule is CC1CCc2c(sc3nc(-c4ccc(N(C)C)cc4)nc(N4CCN(S(=O)(=O)c5ccccc5)CC4)c23)C1. The fourth-order valence-electron chi connectivity index (χ4n) is 5.47. The molecule has 38 heavy (non-hydrogen) atoms. The second kappa shape index (κ2) is 9.94. The molecule has 1 fully saturated rings. The van der Waals surface area contributed by atoms with E-state index in [2.05, 4.69) is 41.0 Å². The van der Waals surface area contributed by atoms with Crippen LogP contribution in [0.3, 0.4) is 0 Å². The molecule has 198 valence electrons. The first-order valence-electron chi connectivity index (χ1n) is 13.2. The van der Waals surface area contributed by atoms with E-state index in [1.165, 1.54) is 22.2 Å². The highest BCUT2D eigenvalue weighted by molar-refractivity contribution is 7.89. The van der Waals surface area contributed by atoms with Crippen LogP contribution in [0.15, 0.2) is 59.5 Å². The van der Waals surface area contributed by atoms with Crippen molar-refractivity contribution in [2.45, 2.75) is 31.1 Å². The van der Waals surface area contributed by atoms with Gasteiger partial charge in [-0.15, -0.1) is 11.3 Å². The normalized spacial score (nSPS) is 18.5. The van der Waals surface area contributed by atoms with Crippen LogP contribution in [0.2, 0.25) is 0 Å². The van der Waals surface area contributed by atoms with Crippen molar-refractivity contribution in [3.8, 4) is 11.4 Å². The van der Waals surface area contributed by atoms with Crippen LogP contribution in [0.1, 0.15) is 23.8 Å².